The van der Waals surface area contributed by atoms with E-state index in [0.29, 0.717) is 0 Å². The highest BCUT2D eigenvalue weighted by Gasteiger charge is 2.17. The fourth-order valence-electron chi connectivity index (χ4n) is 2.31. The number of allylic oxidation sites excluding steroid dienone is 1. The SMILES string of the molecule is C=Cc1nc2c(c(N)c1/C=C\C)CCCC2.CC. The van der Waals surface area contributed by atoms with Gasteiger partial charge in [-0.3, -0.25) is 4.98 Å². The molecule has 98 valence electrons. The summed E-state index contributed by atoms with van der Waals surface area (Å²) in [5, 5.41) is 0. The second-order valence-corrected chi connectivity index (χ2v) is 4.16. The number of nitrogens with two attached hydrogens (primary N) is 1. The zero-order valence-corrected chi connectivity index (χ0v) is 11.8. The average molecular weight is 244 g/mol. The van der Waals surface area contributed by atoms with Gasteiger partial charge in [0.25, 0.3) is 0 Å². The van der Waals surface area contributed by atoms with E-state index in [1.165, 1.54) is 24.1 Å². The molecule has 1 heterocycles. The Hall–Kier alpha value is -1.57. The molecule has 0 spiro atoms. The number of pyridine rings is 1. The van der Waals surface area contributed by atoms with E-state index in [0.717, 1.165) is 29.8 Å². The highest BCUT2D eigenvalue weighted by molar-refractivity contribution is 5.75. The van der Waals surface area contributed by atoms with Crippen LogP contribution in [0.25, 0.3) is 12.2 Å². The van der Waals surface area contributed by atoms with Crippen LogP contribution in [0.3, 0.4) is 0 Å². The number of nitrogen functional groups attached to an aromatic ring is 1. The number of hydrogen-bond acceptors (Lipinski definition) is 2. The Balaban J connectivity index is 0.000000771. The van der Waals surface area contributed by atoms with Gasteiger partial charge in [0.15, 0.2) is 0 Å². The third-order valence-electron chi connectivity index (χ3n) is 3.11. The number of nitrogens with zero attached hydrogens (tertiary/aromatic N) is 1. The van der Waals surface area contributed by atoms with Crippen molar-refractivity contribution in [2.24, 2.45) is 0 Å². The van der Waals surface area contributed by atoms with Crippen LogP contribution in [0.2, 0.25) is 0 Å². The van der Waals surface area contributed by atoms with Gasteiger partial charge in [-0.1, -0.05) is 32.6 Å². The number of fused-ring (bicyclic) bond motifs is 1. The molecule has 0 unspecified atom stereocenters. The van der Waals surface area contributed by atoms with Crippen LogP contribution >= 0.6 is 0 Å². The molecule has 0 bridgehead atoms. The van der Waals surface area contributed by atoms with Gasteiger partial charge in [-0.15, -0.1) is 0 Å². The summed E-state index contributed by atoms with van der Waals surface area (Å²) in [6.45, 7) is 9.80. The molecule has 0 atom stereocenters. The summed E-state index contributed by atoms with van der Waals surface area (Å²) in [7, 11) is 0. The predicted octanol–water partition coefficient (Wildman–Crippen LogP) is 4.24. The molecule has 1 aliphatic carbocycles. The van der Waals surface area contributed by atoms with E-state index in [9.17, 15) is 0 Å². The van der Waals surface area contributed by atoms with Gasteiger partial charge in [0.05, 0.1) is 5.69 Å². The van der Waals surface area contributed by atoms with Crippen molar-refractivity contribution in [3.63, 3.8) is 0 Å². The van der Waals surface area contributed by atoms with Crippen LogP contribution in [0.5, 0.6) is 0 Å². The van der Waals surface area contributed by atoms with Crippen molar-refractivity contribution in [3.8, 4) is 0 Å². The summed E-state index contributed by atoms with van der Waals surface area (Å²) in [5.74, 6) is 0. The van der Waals surface area contributed by atoms with Crippen molar-refractivity contribution in [3.05, 3.63) is 35.2 Å². The van der Waals surface area contributed by atoms with Crippen LogP contribution in [0.1, 0.15) is 56.1 Å². The summed E-state index contributed by atoms with van der Waals surface area (Å²) in [6.07, 6.45) is 10.4. The molecule has 1 aliphatic rings. The molecule has 1 aromatic heterocycles. The fraction of sp³-hybridized carbons (Fsp3) is 0.438. The standard InChI is InChI=1S/C14H18N2.C2H6/c1-3-7-10-12(4-2)16-13-9-6-5-8-11(13)14(10)15;1-2/h3-4,7H,2,5-6,8-9H2,1H3,(H2,15,16);1-2H3/b7-3-;. The van der Waals surface area contributed by atoms with Crippen molar-refractivity contribution in [1.29, 1.82) is 0 Å². The van der Waals surface area contributed by atoms with E-state index in [-0.39, 0.29) is 0 Å². The van der Waals surface area contributed by atoms with Crippen molar-refractivity contribution < 1.29 is 0 Å². The Morgan fingerprint density at radius 3 is 2.50 bits per heavy atom. The lowest BCUT2D eigenvalue weighted by atomic mass is 9.92. The minimum atomic E-state index is 0.901. The largest absolute Gasteiger partial charge is 0.398 e. The smallest absolute Gasteiger partial charge is 0.0720 e. The molecule has 0 fully saturated rings. The molecule has 2 rings (SSSR count). The monoisotopic (exact) mass is 244 g/mol. The Morgan fingerprint density at radius 1 is 1.22 bits per heavy atom. The molecule has 0 aromatic carbocycles. The number of rotatable bonds is 2. The second-order valence-electron chi connectivity index (χ2n) is 4.16. The van der Waals surface area contributed by atoms with Gasteiger partial charge in [-0.2, -0.15) is 0 Å². The molecule has 0 aliphatic heterocycles. The van der Waals surface area contributed by atoms with Gasteiger partial charge in [0, 0.05) is 16.9 Å². The van der Waals surface area contributed by atoms with Crippen molar-refractivity contribution >= 4 is 17.8 Å². The summed E-state index contributed by atoms with van der Waals surface area (Å²) < 4.78 is 0. The quantitative estimate of drug-likeness (QED) is 0.845. The summed E-state index contributed by atoms with van der Waals surface area (Å²) >= 11 is 0. The number of aryl methyl sites for hydroxylation is 1. The van der Waals surface area contributed by atoms with E-state index in [1.54, 1.807) is 6.08 Å². The van der Waals surface area contributed by atoms with Crippen LogP contribution in [0, 0.1) is 0 Å². The number of hydrogen-bond donors (Lipinski definition) is 1. The first-order valence-corrected chi connectivity index (χ1v) is 6.84. The first-order valence-electron chi connectivity index (χ1n) is 6.84. The van der Waals surface area contributed by atoms with Gasteiger partial charge >= 0.3 is 0 Å². The Morgan fingerprint density at radius 2 is 1.89 bits per heavy atom. The molecule has 2 N–H and O–H groups in total. The average Bonchev–Trinajstić information content (AvgIpc) is 2.44. The fourth-order valence-corrected chi connectivity index (χ4v) is 2.31. The van der Waals surface area contributed by atoms with E-state index in [4.69, 9.17) is 5.73 Å². The van der Waals surface area contributed by atoms with Crippen molar-refractivity contribution in [2.45, 2.75) is 46.5 Å². The third kappa shape index (κ3) is 2.81. The van der Waals surface area contributed by atoms with E-state index >= 15 is 0 Å². The molecule has 18 heavy (non-hydrogen) atoms. The highest BCUT2D eigenvalue weighted by atomic mass is 14.8. The minimum Gasteiger partial charge on any atom is -0.398 e. The molecule has 2 heteroatoms. The molecule has 2 nitrogen and oxygen atoms in total. The van der Waals surface area contributed by atoms with Gasteiger partial charge < -0.3 is 5.73 Å². The van der Waals surface area contributed by atoms with Gasteiger partial charge in [0.2, 0.25) is 0 Å². The lowest BCUT2D eigenvalue weighted by Crippen LogP contribution is -2.11. The second kappa shape index (κ2) is 7.00. The van der Waals surface area contributed by atoms with E-state index in [1.807, 2.05) is 32.9 Å². The van der Waals surface area contributed by atoms with Crippen LogP contribution in [-0.4, -0.2) is 4.98 Å². The highest BCUT2D eigenvalue weighted by Crippen LogP contribution is 2.30. The summed E-state index contributed by atoms with van der Waals surface area (Å²) in [6, 6.07) is 0. The van der Waals surface area contributed by atoms with Crippen molar-refractivity contribution in [2.75, 3.05) is 5.73 Å². The maximum atomic E-state index is 6.23. The first-order chi connectivity index (χ1) is 8.77. The lowest BCUT2D eigenvalue weighted by molar-refractivity contribution is 0.668. The molecule has 0 saturated carbocycles. The Kier molecular flexibility index (Phi) is 5.63. The number of anilines is 1. The van der Waals surface area contributed by atoms with Gasteiger partial charge in [-0.25, -0.2) is 0 Å². The van der Waals surface area contributed by atoms with Crippen LogP contribution in [0.4, 0.5) is 5.69 Å². The first kappa shape index (κ1) is 14.5. The van der Waals surface area contributed by atoms with Gasteiger partial charge in [0.1, 0.15) is 0 Å². The van der Waals surface area contributed by atoms with Crippen LogP contribution in [0.15, 0.2) is 12.7 Å². The Labute approximate surface area is 111 Å². The van der Waals surface area contributed by atoms with Crippen LogP contribution in [-0.2, 0) is 12.8 Å². The third-order valence-corrected chi connectivity index (χ3v) is 3.11. The topological polar surface area (TPSA) is 38.9 Å². The molecular formula is C16H24N2. The zero-order valence-electron chi connectivity index (χ0n) is 11.8. The van der Waals surface area contributed by atoms with Crippen molar-refractivity contribution in [1.82, 2.24) is 4.98 Å². The molecule has 0 radical (unpaired) electrons. The molecule has 0 saturated heterocycles. The Bertz CT molecular complexity index is 445. The normalized spacial score (nSPS) is 13.7. The minimum absolute atomic E-state index is 0.901. The lowest BCUT2D eigenvalue weighted by Gasteiger charge is -2.19. The summed E-state index contributed by atoms with van der Waals surface area (Å²) in [4.78, 5) is 4.66. The molecular weight excluding hydrogens is 220 g/mol. The maximum Gasteiger partial charge on any atom is 0.0720 e. The molecule has 0 amide bonds. The van der Waals surface area contributed by atoms with E-state index < -0.39 is 0 Å². The maximum absolute atomic E-state index is 6.23. The van der Waals surface area contributed by atoms with Crippen LogP contribution < -0.4 is 5.73 Å². The van der Waals surface area contributed by atoms with Gasteiger partial charge in [-0.05, 0) is 44.2 Å². The summed E-state index contributed by atoms with van der Waals surface area (Å²) in [5.41, 5.74) is 11.5. The molecule has 1 aromatic rings. The number of aromatic nitrogens is 1. The zero-order chi connectivity index (χ0) is 13.5. The van der Waals surface area contributed by atoms with E-state index in [2.05, 4.69) is 11.6 Å². The predicted molar refractivity (Wildman–Crippen MR) is 81.4 cm³/mol.